The van der Waals surface area contributed by atoms with Crippen LogP contribution in [0.4, 0.5) is 5.69 Å². The van der Waals surface area contributed by atoms with Gasteiger partial charge in [0.25, 0.3) is 5.89 Å². The highest BCUT2D eigenvalue weighted by atomic mass is 35.5. The van der Waals surface area contributed by atoms with Crippen molar-refractivity contribution in [2.45, 2.75) is 6.54 Å². The number of anilines is 1. The van der Waals surface area contributed by atoms with Gasteiger partial charge in [-0.2, -0.15) is 0 Å². The van der Waals surface area contributed by atoms with Gasteiger partial charge in [-0.05, 0) is 18.2 Å². The Kier molecular flexibility index (Phi) is 4.72. The molecule has 5 heteroatoms. The monoisotopic (exact) mass is 354 g/mol. The maximum Gasteiger partial charge on any atom is 0.250 e. The molecule has 1 saturated heterocycles. The number of hydrogen-bond acceptors (Lipinski definition) is 3. The number of quaternary nitrogens is 1. The molecule has 1 aliphatic rings. The van der Waals surface area contributed by atoms with E-state index in [0.717, 1.165) is 55.0 Å². The van der Waals surface area contributed by atoms with Crippen molar-refractivity contribution in [1.29, 1.82) is 0 Å². The highest BCUT2D eigenvalue weighted by Gasteiger charge is 2.22. The van der Waals surface area contributed by atoms with E-state index >= 15 is 0 Å². The second-order valence-corrected chi connectivity index (χ2v) is 6.81. The van der Waals surface area contributed by atoms with Crippen LogP contribution in [0.1, 0.15) is 5.89 Å². The van der Waals surface area contributed by atoms with Gasteiger partial charge in [0.2, 0.25) is 0 Å². The minimum absolute atomic E-state index is 0.792. The zero-order valence-corrected chi connectivity index (χ0v) is 14.7. The van der Waals surface area contributed by atoms with Crippen molar-refractivity contribution < 1.29 is 9.32 Å². The molecule has 2 heterocycles. The maximum atomic E-state index is 6.10. The lowest BCUT2D eigenvalue weighted by molar-refractivity contribution is -0.915. The average Bonchev–Trinajstić information content (AvgIpc) is 3.12. The van der Waals surface area contributed by atoms with E-state index in [0.29, 0.717) is 0 Å². The van der Waals surface area contributed by atoms with Crippen molar-refractivity contribution in [3.05, 3.63) is 71.7 Å². The van der Waals surface area contributed by atoms with Gasteiger partial charge in [-0.15, -0.1) is 0 Å². The van der Waals surface area contributed by atoms with Gasteiger partial charge in [0.1, 0.15) is 0 Å². The molecular formula is C20H21ClN3O+. The Labute approximate surface area is 152 Å². The molecule has 128 valence electrons. The zero-order chi connectivity index (χ0) is 17.1. The number of nitrogens with one attached hydrogen (secondary N) is 1. The SMILES string of the molecule is Clc1cccc(N2CC[NH+](Cc3ncc(-c4ccccc4)o3)CC2)c1. The van der Waals surface area contributed by atoms with Crippen LogP contribution in [0.3, 0.4) is 0 Å². The lowest BCUT2D eigenvalue weighted by atomic mass is 10.2. The standard InChI is InChI=1S/C20H20ClN3O/c21-17-7-4-8-18(13-17)24-11-9-23(10-12-24)15-20-22-14-19(25-20)16-5-2-1-3-6-16/h1-8,13-14H,9-12,15H2/p+1. The van der Waals surface area contributed by atoms with Gasteiger partial charge in [0.05, 0.1) is 32.4 Å². The molecule has 3 aromatic rings. The molecule has 0 unspecified atom stereocenters. The topological polar surface area (TPSA) is 33.7 Å². The summed E-state index contributed by atoms with van der Waals surface area (Å²) in [6.07, 6.45) is 1.83. The Balaban J connectivity index is 1.35. The Morgan fingerprint density at radius 1 is 1.04 bits per heavy atom. The van der Waals surface area contributed by atoms with Crippen LogP contribution < -0.4 is 9.80 Å². The first-order valence-electron chi connectivity index (χ1n) is 8.62. The number of piperazine rings is 1. The summed E-state index contributed by atoms with van der Waals surface area (Å²) in [4.78, 5) is 8.35. The van der Waals surface area contributed by atoms with Crippen molar-refractivity contribution in [1.82, 2.24) is 4.98 Å². The Bertz CT molecular complexity index is 826. The van der Waals surface area contributed by atoms with E-state index in [1.54, 1.807) is 0 Å². The number of hydrogen-bond donors (Lipinski definition) is 1. The molecule has 0 amide bonds. The van der Waals surface area contributed by atoms with Gasteiger partial charge >= 0.3 is 0 Å². The predicted octanol–water partition coefficient (Wildman–Crippen LogP) is 2.90. The van der Waals surface area contributed by atoms with Gasteiger partial charge in [0, 0.05) is 16.3 Å². The van der Waals surface area contributed by atoms with Crippen LogP contribution >= 0.6 is 11.6 Å². The van der Waals surface area contributed by atoms with Gasteiger partial charge in [-0.3, -0.25) is 0 Å². The van der Waals surface area contributed by atoms with Crippen molar-refractivity contribution in [3.8, 4) is 11.3 Å². The summed E-state index contributed by atoms with van der Waals surface area (Å²) < 4.78 is 5.94. The minimum atomic E-state index is 0.792. The maximum absolute atomic E-state index is 6.10. The molecule has 0 spiro atoms. The number of oxazole rings is 1. The molecule has 1 N–H and O–H groups in total. The fourth-order valence-electron chi connectivity index (χ4n) is 3.27. The summed E-state index contributed by atoms with van der Waals surface area (Å²) >= 11 is 6.10. The van der Waals surface area contributed by atoms with Crippen molar-refractivity contribution in [2.75, 3.05) is 31.1 Å². The van der Waals surface area contributed by atoms with Gasteiger partial charge in [0.15, 0.2) is 12.3 Å². The van der Waals surface area contributed by atoms with Crippen molar-refractivity contribution in [3.63, 3.8) is 0 Å². The number of halogens is 1. The Morgan fingerprint density at radius 3 is 2.60 bits per heavy atom. The average molecular weight is 355 g/mol. The molecule has 0 aliphatic carbocycles. The van der Waals surface area contributed by atoms with Gasteiger partial charge in [-0.1, -0.05) is 48.0 Å². The third-order valence-electron chi connectivity index (χ3n) is 4.66. The number of rotatable bonds is 4. The Morgan fingerprint density at radius 2 is 1.84 bits per heavy atom. The third kappa shape index (κ3) is 3.86. The van der Waals surface area contributed by atoms with Gasteiger partial charge < -0.3 is 14.2 Å². The van der Waals surface area contributed by atoms with Crippen LogP contribution in [0.15, 0.2) is 65.2 Å². The van der Waals surface area contributed by atoms with Crippen LogP contribution in [0.5, 0.6) is 0 Å². The number of nitrogens with zero attached hydrogens (tertiary/aromatic N) is 2. The van der Waals surface area contributed by atoms with E-state index in [2.05, 4.69) is 16.0 Å². The normalized spacial score (nSPS) is 15.5. The molecule has 1 aliphatic heterocycles. The lowest BCUT2D eigenvalue weighted by Gasteiger charge is -2.33. The summed E-state index contributed by atoms with van der Waals surface area (Å²) in [5.41, 5.74) is 2.27. The highest BCUT2D eigenvalue weighted by molar-refractivity contribution is 6.30. The highest BCUT2D eigenvalue weighted by Crippen LogP contribution is 2.20. The fraction of sp³-hybridized carbons (Fsp3) is 0.250. The molecule has 25 heavy (non-hydrogen) atoms. The molecule has 2 aromatic carbocycles. The van der Waals surface area contributed by atoms with E-state index < -0.39 is 0 Å². The van der Waals surface area contributed by atoms with E-state index in [4.69, 9.17) is 16.0 Å². The fourth-order valence-corrected chi connectivity index (χ4v) is 3.46. The third-order valence-corrected chi connectivity index (χ3v) is 4.89. The summed E-state index contributed by atoms with van der Waals surface area (Å²) in [6, 6.07) is 18.2. The second-order valence-electron chi connectivity index (χ2n) is 6.38. The second kappa shape index (κ2) is 7.30. The molecule has 0 atom stereocenters. The van der Waals surface area contributed by atoms with Gasteiger partial charge in [-0.25, -0.2) is 4.98 Å². The van der Waals surface area contributed by atoms with Crippen molar-refractivity contribution >= 4 is 17.3 Å². The molecular weight excluding hydrogens is 334 g/mol. The summed E-state index contributed by atoms with van der Waals surface area (Å²) in [5, 5.41) is 0.792. The van der Waals surface area contributed by atoms with Crippen LogP contribution in [-0.2, 0) is 6.54 Å². The molecule has 0 radical (unpaired) electrons. The van der Waals surface area contributed by atoms with Crippen molar-refractivity contribution in [2.24, 2.45) is 0 Å². The lowest BCUT2D eigenvalue weighted by Crippen LogP contribution is -3.13. The molecule has 1 aromatic heterocycles. The molecule has 1 fully saturated rings. The summed E-state index contributed by atoms with van der Waals surface area (Å²) in [7, 11) is 0. The molecule has 0 saturated carbocycles. The molecule has 0 bridgehead atoms. The first kappa shape index (κ1) is 16.2. The Hall–Kier alpha value is -2.30. The van der Waals surface area contributed by atoms with Crippen LogP contribution in [0.25, 0.3) is 11.3 Å². The summed E-state index contributed by atoms with van der Waals surface area (Å²) in [5.74, 6) is 1.65. The first-order chi connectivity index (χ1) is 12.3. The zero-order valence-electron chi connectivity index (χ0n) is 14.0. The van der Waals surface area contributed by atoms with Crippen LogP contribution in [0, 0.1) is 0 Å². The number of aromatic nitrogens is 1. The first-order valence-corrected chi connectivity index (χ1v) is 9.00. The summed E-state index contributed by atoms with van der Waals surface area (Å²) in [6.45, 7) is 4.99. The smallest absolute Gasteiger partial charge is 0.250 e. The van der Waals surface area contributed by atoms with Crippen LogP contribution in [-0.4, -0.2) is 31.2 Å². The van der Waals surface area contributed by atoms with E-state index in [-0.39, 0.29) is 0 Å². The number of benzene rings is 2. The predicted molar refractivity (Wildman–Crippen MR) is 100 cm³/mol. The van der Waals surface area contributed by atoms with E-state index in [1.807, 2.05) is 54.7 Å². The van der Waals surface area contributed by atoms with Crippen LogP contribution in [0.2, 0.25) is 5.02 Å². The molecule has 4 rings (SSSR count). The molecule has 4 nitrogen and oxygen atoms in total. The largest absolute Gasteiger partial charge is 0.435 e. The van der Waals surface area contributed by atoms with E-state index in [9.17, 15) is 0 Å². The minimum Gasteiger partial charge on any atom is -0.435 e. The van der Waals surface area contributed by atoms with E-state index in [1.165, 1.54) is 10.6 Å². The quantitative estimate of drug-likeness (QED) is 0.782.